The van der Waals surface area contributed by atoms with E-state index in [2.05, 4.69) is 19.8 Å². The minimum Gasteiger partial charge on any atom is -0.461 e. The molecule has 8 nitrogen and oxygen atoms in total. The van der Waals surface area contributed by atoms with Gasteiger partial charge in [-0.05, 0) is 51.4 Å². The SMILES string of the molecule is CC(C)Oc1nc(N2CCC(CO)CC2)nc(N2CCC(CO)CC2)n1. The molecule has 2 N–H and O–H groups in total. The number of ether oxygens (including phenoxy) is 1. The van der Waals surface area contributed by atoms with Crippen LogP contribution >= 0.6 is 0 Å². The highest BCUT2D eigenvalue weighted by Crippen LogP contribution is 2.26. The molecular formula is C18H31N5O3. The van der Waals surface area contributed by atoms with E-state index in [1.54, 1.807) is 0 Å². The maximum absolute atomic E-state index is 9.34. The lowest BCUT2D eigenvalue weighted by molar-refractivity contribution is 0.200. The van der Waals surface area contributed by atoms with E-state index in [4.69, 9.17) is 9.72 Å². The fraction of sp³-hybridized carbons (Fsp3) is 0.833. The Morgan fingerprint density at radius 1 is 0.846 bits per heavy atom. The number of hydrogen-bond acceptors (Lipinski definition) is 8. The first-order chi connectivity index (χ1) is 12.6. The standard InChI is InChI=1S/C18H31N5O3/c1-13(2)26-18-20-16(22-7-3-14(11-24)4-8-22)19-17(21-18)23-9-5-15(12-25)6-10-23/h13-15,24-25H,3-12H2,1-2H3. The van der Waals surface area contributed by atoms with Crippen LogP contribution in [-0.2, 0) is 0 Å². The van der Waals surface area contributed by atoms with Gasteiger partial charge in [0.05, 0.1) is 6.10 Å². The maximum Gasteiger partial charge on any atom is 0.323 e. The predicted octanol–water partition coefficient (Wildman–Crippen LogP) is 1.08. The first kappa shape index (κ1) is 19.1. The summed E-state index contributed by atoms with van der Waals surface area (Å²) < 4.78 is 5.77. The molecule has 1 aromatic rings. The fourth-order valence-corrected chi connectivity index (χ4v) is 3.51. The minimum atomic E-state index is -0.00153. The molecule has 146 valence electrons. The van der Waals surface area contributed by atoms with E-state index < -0.39 is 0 Å². The largest absolute Gasteiger partial charge is 0.461 e. The molecule has 2 aliphatic heterocycles. The summed E-state index contributed by atoms with van der Waals surface area (Å²) in [5, 5.41) is 18.7. The van der Waals surface area contributed by atoms with Crippen LogP contribution in [0.3, 0.4) is 0 Å². The molecule has 0 spiro atoms. The minimum absolute atomic E-state index is 0.00153. The Morgan fingerprint density at radius 3 is 1.62 bits per heavy atom. The number of anilines is 2. The van der Waals surface area contributed by atoms with Crippen molar-refractivity contribution < 1.29 is 14.9 Å². The van der Waals surface area contributed by atoms with Gasteiger partial charge in [-0.25, -0.2) is 0 Å². The van der Waals surface area contributed by atoms with Crippen molar-refractivity contribution in [3.63, 3.8) is 0 Å². The van der Waals surface area contributed by atoms with Crippen LogP contribution in [0.2, 0.25) is 0 Å². The molecule has 0 aromatic carbocycles. The molecule has 1 aromatic heterocycles. The number of aliphatic hydroxyl groups excluding tert-OH is 2. The molecule has 0 amide bonds. The van der Waals surface area contributed by atoms with Gasteiger partial charge in [0, 0.05) is 39.4 Å². The van der Waals surface area contributed by atoms with Crippen molar-refractivity contribution >= 4 is 11.9 Å². The fourth-order valence-electron chi connectivity index (χ4n) is 3.51. The molecule has 0 atom stereocenters. The van der Waals surface area contributed by atoms with Crippen LogP contribution in [0.15, 0.2) is 0 Å². The summed E-state index contributed by atoms with van der Waals surface area (Å²) in [5.74, 6) is 2.06. The van der Waals surface area contributed by atoms with Gasteiger partial charge in [0.25, 0.3) is 0 Å². The summed E-state index contributed by atoms with van der Waals surface area (Å²) >= 11 is 0. The van der Waals surface area contributed by atoms with Crippen LogP contribution in [-0.4, -0.2) is 70.7 Å². The number of aliphatic hydroxyl groups is 2. The smallest absolute Gasteiger partial charge is 0.323 e. The van der Waals surface area contributed by atoms with Crippen LogP contribution in [0, 0.1) is 11.8 Å². The van der Waals surface area contributed by atoms with E-state index in [0.717, 1.165) is 51.9 Å². The number of rotatable bonds is 6. The van der Waals surface area contributed by atoms with E-state index in [1.165, 1.54) is 0 Å². The van der Waals surface area contributed by atoms with Gasteiger partial charge in [0.2, 0.25) is 11.9 Å². The van der Waals surface area contributed by atoms with Crippen LogP contribution in [0.25, 0.3) is 0 Å². The average molecular weight is 365 g/mol. The number of nitrogens with zero attached hydrogens (tertiary/aromatic N) is 5. The molecule has 0 unspecified atom stereocenters. The highest BCUT2D eigenvalue weighted by atomic mass is 16.5. The second-order valence-corrected chi connectivity index (χ2v) is 7.61. The number of hydrogen-bond donors (Lipinski definition) is 2. The second-order valence-electron chi connectivity index (χ2n) is 7.61. The third kappa shape index (κ3) is 4.73. The van der Waals surface area contributed by atoms with Gasteiger partial charge >= 0.3 is 6.01 Å². The van der Waals surface area contributed by atoms with Crippen molar-refractivity contribution in [1.29, 1.82) is 0 Å². The van der Waals surface area contributed by atoms with Crippen LogP contribution in [0.1, 0.15) is 39.5 Å². The second kappa shape index (κ2) is 8.81. The zero-order valence-electron chi connectivity index (χ0n) is 15.8. The maximum atomic E-state index is 9.34. The lowest BCUT2D eigenvalue weighted by atomic mass is 9.98. The summed E-state index contributed by atoms with van der Waals surface area (Å²) in [7, 11) is 0. The molecule has 0 bridgehead atoms. The molecular weight excluding hydrogens is 334 g/mol. The van der Waals surface area contributed by atoms with Gasteiger partial charge in [-0.15, -0.1) is 0 Å². The van der Waals surface area contributed by atoms with Crippen molar-refractivity contribution in [2.24, 2.45) is 11.8 Å². The van der Waals surface area contributed by atoms with E-state index in [0.29, 0.717) is 29.7 Å². The van der Waals surface area contributed by atoms with E-state index in [1.807, 2.05) is 13.8 Å². The van der Waals surface area contributed by atoms with Gasteiger partial charge in [0.1, 0.15) is 0 Å². The van der Waals surface area contributed by atoms with Gasteiger partial charge in [0.15, 0.2) is 0 Å². The highest BCUT2D eigenvalue weighted by Gasteiger charge is 2.25. The summed E-state index contributed by atoms with van der Waals surface area (Å²) in [6.07, 6.45) is 3.78. The third-order valence-electron chi connectivity index (χ3n) is 5.24. The van der Waals surface area contributed by atoms with E-state index >= 15 is 0 Å². The molecule has 2 fully saturated rings. The Morgan fingerprint density at radius 2 is 1.27 bits per heavy atom. The van der Waals surface area contributed by atoms with E-state index in [-0.39, 0.29) is 19.3 Å². The molecule has 8 heteroatoms. The monoisotopic (exact) mass is 365 g/mol. The van der Waals surface area contributed by atoms with Crippen molar-refractivity contribution in [1.82, 2.24) is 15.0 Å². The van der Waals surface area contributed by atoms with Gasteiger partial charge < -0.3 is 24.7 Å². The predicted molar refractivity (Wildman–Crippen MR) is 99.6 cm³/mol. The van der Waals surface area contributed by atoms with Crippen LogP contribution < -0.4 is 14.5 Å². The number of aromatic nitrogens is 3. The Hall–Kier alpha value is -1.67. The average Bonchev–Trinajstić information content (AvgIpc) is 2.67. The Kier molecular flexibility index (Phi) is 6.48. The molecule has 26 heavy (non-hydrogen) atoms. The van der Waals surface area contributed by atoms with Crippen molar-refractivity contribution in [2.75, 3.05) is 49.2 Å². The normalized spacial score (nSPS) is 20.0. The molecule has 2 saturated heterocycles. The zero-order valence-corrected chi connectivity index (χ0v) is 15.8. The van der Waals surface area contributed by atoms with Crippen molar-refractivity contribution in [3.05, 3.63) is 0 Å². The zero-order chi connectivity index (χ0) is 18.5. The topological polar surface area (TPSA) is 94.8 Å². The molecule has 3 rings (SSSR count). The van der Waals surface area contributed by atoms with Crippen LogP contribution in [0.5, 0.6) is 6.01 Å². The lowest BCUT2D eigenvalue weighted by Crippen LogP contribution is -2.38. The van der Waals surface area contributed by atoms with Crippen LogP contribution in [0.4, 0.5) is 11.9 Å². The molecule has 2 aliphatic rings. The van der Waals surface area contributed by atoms with Gasteiger partial charge in [-0.2, -0.15) is 15.0 Å². The summed E-state index contributed by atoms with van der Waals surface area (Å²) in [6.45, 7) is 7.76. The van der Waals surface area contributed by atoms with E-state index in [9.17, 15) is 10.2 Å². The number of piperidine rings is 2. The Bertz CT molecular complexity index is 528. The van der Waals surface area contributed by atoms with Gasteiger partial charge in [-0.3, -0.25) is 0 Å². The first-order valence-electron chi connectivity index (χ1n) is 9.73. The quantitative estimate of drug-likeness (QED) is 0.773. The molecule has 0 radical (unpaired) electrons. The van der Waals surface area contributed by atoms with Crippen molar-refractivity contribution in [2.45, 2.75) is 45.6 Å². The van der Waals surface area contributed by atoms with Gasteiger partial charge in [-0.1, -0.05) is 0 Å². The third-order valence-corrected chi connectivity index (χ3v) is 5.24. The summed E-state index contributed by atoms with van der Waals surface area (Å²) in [4.78, 5) is 18.1. The molecule has 0 aliphatic carbocycles. The molecule has 3 heterocycles. The molecule has 0 saturated carbocycles. The van der Waals surface area contributed by atoms with Crippen molar-refractivity contribution in [3.8, 4) is 6.01 Å². The lowest BCUT2D eigenvalue weighted by Gasteiger charge is -2.33. The summed E-state index contributed by atoms with van der Waals surface area (Å²) in [6, 6.07) is 0.369. The Labute approximate surface area is 155 Å². The highest BCUT2D eigenvalue weighted by molar-refractivity contribution is 5.41. The Balaban J connectivity index is 1.78. The first-order valence-corrected chi connectivity index (χ1v) is 9.73. The summed E-state index contributed by atoms with van der Waals surface area (Å²) in [5.41, 5.74) is 0.